The molecule has 3 aromatic carbocycles. The molecule has 1 aliphatic heterocycles. The summed E-state index contributed by atoms with van der Waals surface area (Å²) in [6.45, 7) is 5.12. The molecule has 1 saturated heterocycles. The highest BCUT2D eigenvalue weighted by molar-refractivity contribution is 6.08. The van der Waals surface area contributed by atoms with Gasteiger partial charge >= 0.3 is 0 Å². The first kappa shape index (κ1) is 23.8. The molecular weight excluding hydrogens is 450 g/mol. The maximum Gasteiger partial charge on any atom is 0.259 e. The van der Waals surface area contributed by atoms with Gasteiger partial charge in [0.25, 0.3) is 5.91 Å². The van der Waals surface area contributed by atoms with E-state index in [1.807, 2.05) is 66.7 Å². The molecule has 0 aliphatic carbocycles. The summed E-state index contributed by atoms with van der Waals surface area (Å²) in [4.78, 5) is 18.4. The molecule has 1 aliphatic rings. The number of nitrogens with one attached hydrogen (secondary N) is 1. The Bertz CT molecular complexity index is 1330. The number of carbonyl (C=O) groups excluding carboxylic acids is 1. The van der Waals surface area contributed by atoms with E-state index >= 15 is 0 Å². The monoisotopic (exact) mass is 481 g/mol. The van der Waals surface area contributed by atoms with E-state index in [4.69, 9.17) is 9.84 Å². The first-order chi connectivity index (χ1) is 17.6. The van der Waals surface area contributed by atoms with Crippen LogP contribution in [0.25, 0.3) is 16.9 Å². The van der Waals surface area contributed by atoms with E-state index < -0.39 is 0 Å². The van der Waals surface area contributed by atoms with Crippen LogP contribution >= 0.6 is 0 Å². The fourth-order valence-corrected chi connectivity index (χ4v) is 4.50. The van der Waals surface area contributed by atoms with E-state index in [2.05, 4.69) is 34.3 Å². The molecule has 184 valence electrons. The highest BCUT2D eigenvalue weighted by Gasteiger charge is 2.21. The van der Waals surface area contributed by atoms with Gasteiger partial charge in [-0.1, -0.05) is 42.5 Å². The number of hydrogen-bond acceptors (Lipinski definition) is 5. The first-order valence-electron chi connectivity index (χ1n) is 12.2. The van der Waals surface area contributed by atoms with E-state index in [1.165, 1.54) is 5.56 Å². The van der Waals surface area contributed by atoms with Gasteiger partial charge in [0.05, 0.1) is 18.4 Å². The second-order valence-corrected chi connectivity index (χ2v) is 9.11. The van der Waals surface area contributed by atoms with Gasteiger partial charge < -0.3 is 15.0 Å². The van der Waals surface area contributed by atoms with Gasteiger partial charge in [-0.05, 0) is 49.0 Å². The molecule has 7 nitrogen and oxygen atoms in total. The first-order valence-corrected chi connectivity index (χ1v) is 12.2. The van der Waals surface area contributed by atoms with Crippen molar-refractivity contribution in [3.05, 3.63) is 96.2 Å². The number of piperazine rings is 1. The summed E-state index contributed by atoms with van der Waals surface area (Å²) in [6, 6.07) is 25.5. The summed E-state index contributed by atoms with van der Waals surface area (Å²) in [5.74, 6) is 0.453. The second-order valence-electron chi connectivity index (χ2n) is 9.11. The molecule has 0 spiro atoms. The van der Waals surface area contributed by atoms with Crippen LogP contribution in [0.15, 0.2) is 85.1 Å². The van der Waals surface area contributed by atoms with Gasteiger partial charge in [-0.25, -0.2) is 4.68 Å². The number of amides is 1. The van der Waals surface area contributed by atoms with Gasteiger partial charge in [0.1, 0.15) is 11.4 Å². The lowest BCUT2D eigenvalue weighted by atomic mass is 10.1. The van der Waals surface area contributed by atoms with E-state index in [9.17, 15) is 4.79 Å². The number of aromatic nitrogens is 2. The number of anilines is 1. The van der Waals surface area contributed by atoms with E-state index in [0.29, 0.717) is 17.0 Å². The topological polar surface area (TPSA) is 62.6 Å². The highest BCUT2D eigenvalue weighted by Crippen LogP contribution is 2.32. The van der Waals surface area contributed by atoms with E-state index in [0.717, 1.165) is 49.7 Å². The summed E-state index contributed by atoms with van der Waals surface area (Å²) in [7, 11) is 3.78. The van der Waals surface area contributed by atoms with Gasteiger partial charge in [0.2, 0.25) is 0 Å². The zero-order valence-electron chi connectivity index (χ0n) is 20.7. The third-order valence-corrected chi connectivity index (χ3v) is 6.53. The number of methoxy groups -OCH3 is 1. The molecule has 4 aromatic rings. The van der Waals surface area contributed by atoms with E-state index in [-0.39, 0.29) is 5.91 Å². The molecule has 0 saturated carbocycles. The third kappa shape index (κ3) is 5.32. The summed E-state index contributed by atoms with van der Waals surface area (Å²) >= 11 is 0. The summed E-state index contributed by atoms with van der Waals surface area (Å²) in [5.41, 5.74) is 4.65. The molecule has 5 rings (SSSR count). The molecule has 0 radical (unpaired) electrons. The van der Waals surface area contributed by atoms with Crippen LogP contribution in [-0.4, -0.2) is 65.8 Å². The minimum Gasteiger partial charge on any atom is -0.496 e. The van der Waals surface area contributed by atoms with E-state index in [1.54, 1.807) is 18.0 Å². The quantitative estimate of drug-likeness (QED) is 0.420. The molecule has 36 heavy (non-hydrogen) atoms. The minimum atomic E-state index is -0.213. The van der Waals surface area contributed by atoms with Gasteiger partial charge in [-0.2, -0.15) is 5.10 Å². The van der Waals surface area contributed by atoms with Gasteiger partial charge in [0, 0.05) is 50.2 Å². The molecule has 0 bridgehead atoms. The Kier molecular flexibility index (Phi) is 7.11. The number of nitrogens with zero attached hydrogens (tertiary/aromatic N) is 4. The van der Waals surface area contributed by atoms with Gasteiger partial charge in [-0.15, -0.1) is 0 Å². The molecule has 1 fully saturated rings. The molecule has 1 amide bonds. The van der Waals surface area contributed by atoms with Crippen molar-refractivity contribution >= 4 is 11.6 Å². The number of carbonyl (C=O) groups is 1. The largest absolute Gasteiger partial charge is 0.496 e. The lowest BCUT2D eigenvalue weighted by molar-refractivity contribution is 0.102. The molecule has 7 heteroatoms. The van der Waals surface area contributed by atoms with Crippen molar-refractivity contribution in [3.63, 3.8) is 0 Å². The lowest BCUT2D eigenvalue weighted by Gasteiger charge is -2.32. The fourth-order valence-electron chi connectivity index (χ4n) is 4.50. The van der Waals surface area contributed by atoms with Crippen molar-refractivity contribution in [1.29, 1.82) is 0 Å². The Hall–Kier alpha value is -3.94. The average molecular weight is 482 g/mol. The van der Waals surface area contributed by atoms with Crippen molar-refractivity contribution in [3.8, 4) is 22.7 Å². The average Bonchev–Trinajstić information content (AvgIpc) is 3.36. The summed E-state index contributed by atoms with van der Waals surface area (Å²) in [5, 5.41) is 7.88. The number of likely N-dealkylation sites (N-methyl/N-ethyl adjacent to an activating group) is 1. The number of para-hydroxylation sites is 2. The molecule has 1 aromatic heterocycles. The maximum absolute atomic E-state index is 13.6. The Morgan fingerprint density at radius 3 is 2.47 bits per heavy atom. The molecular formula is C29H31N5O2. The summed E-state index contributed by atoms with van der Waals surface area (Å²) in [6.07, 6.45) is 1.78. The van der Waals surface area contributed by atoms with Crippen LogP contribution in [0.1, 0.15) is 15.9 Å². The van der Waals surface area contributed by atoms with Crippen LogP contribution in [0.4, 0.5) is 5.69 Å². The third-order valence-electron chi connectivity index (χ3n) is 6.53. The predicted octanol–water partition coefficient (Wildman–Crippen LogP) is 4.55. The molecule has 0 unspecified atom stereocenters. The Balaban J connectivity index is 1.43. The number of hydrogen-bond donors (Lipinski definition) is 1. The Morgan fingerprint density at radius 2 is 1.69 bits per heavy atom. The van der Waals surface area contributed by atoms with Crippen molar-refractivity contribution in [2.45, 2.75) is 6.54 Å². The normalized spacial score (nSPS) is 14.5. The second kappa shape index (κ2) is 10.8. The Labute approximate surface area is 211 Å². The number of ether oxygens (including phenoxy) is 1. The molecule has 1 N–H and O–H groups in total. The molecule has 0 atom stereocenters. The van der Waals surface area contributed by atoms with Crippen LogP contribution in [0, 0.1) is 0 Å². The predicted molar refractivity (Wildman–Crippen MR) is 143 cm³/mol. The van der Waals surface area contributed by atoms with Crippen molar-refractivity contribution < 1.29 is 9.53 Å². The van der Waals surface area contributed by atoms with Crippen LogP contribution < -0.4 is 10.1 Å². The molecule has 2 heterocycles. The number of rotatable bonds is 7. The van der Waals surface area contributed by atoms with Crippen molar-refractivity contribution in [1.82, 2.24) is 19.6 Å². The minimum absolute atomic E-state index is 0.213. The van der Waals surface area contributed by atoms with Crippen molar-refractivity contribution in [2.24, 2.45) is 0 Å². The smallest absolute Gasteiger partial charge is 0.259 e. The standard InChI is InChI=1S/C29H31N5O2/c1-32-15-17-33(18-16-32)20-22-9-8-10-23(19-22)30-29(35)26-21-34(24-11-4-3-5-12-24)31-28(26)25-13-6-7-14-27(25)36-2/h3-14,19,21H,15-18,20H2,1-2H3,(H,30,35). The lowest BCUT2D eigenvalue weighted by Crippen LogP contribution is -2.43. The van der Waals surface area contributed by atoms with Crippen LogP contribution in [0.2, 0.25) is 0 Å². The SMILES string of the molecule is COc1ccccc1-c1nn(-c2ccccc2)cc1C(=O)Nc1cccc(CN2CCN(C)CC2)c1. The van der Waals surface area contributed by atoms with Gasteiger partial charge in [0.15, 0.2) is 0 Å². The van der Waals surface area contributed by atoms with Crippen LogP contribution in [0.5, 0.6) is 5.75 Å². The summed E-state index contributed by atoms with van der Waals surface area (Å²) < 4.78 is 7.31. The Morgan fingerprint density at radius 1 is 0.944 bits per heavy atom. The fraction of sp³-hybridized carbons (Fsp3) is 0.241. The van der Waals surface area contributed by atoms with Gasteiger partial charge in [-0.3, -0.25) is 9.69 Å². The highest BCUT2D eigenvalue weighted by atomic mass is 16.5. The van der Waals surface area contributed by atoms with Crippen LogP contribution in [-0.2, 0) is 6.54 Å². The maximum atomic E-state index is 13.6. The van der Waals surface area contributed by atoms with Crippen molar-refractivity contribution in [2.75, 3.05) is 45.7 Å². The number of benzene rings is 3. The zero-order chi connectivity index (χ0) is 24.9. The zero-order valence-corrected chi connectivity index (χ0v) is 20.7. The van der Waals surface area contributed by atoms with Crippen LogP contribution in [0.3, 0.4) is 0 Å².